The lowest BCUT2D eigenvalue weighted by Crippen LogP contribution is -2.08. The molecule has 4 heteroatoms. The zero-order valence-electron chi connectivity index (χ0n) is 16.8. The quantitative estimate of drug-likeness (QED) is 0.212. The molecule has 0 fully saturated rings. The average Bonchev–Trinajstić information content (AvgIpc) is 2.85. The fraction of sp³-hybridized carbons (Fsp3) is 0.0370. The number of benzene rings is 3. The molecule has 4 nitrogen and oxygen atoms in total. The molecule has 5 aromatic rings. The molecule has 0 aliphatic rings. The van der Waals surface area contributed by atoms with Gasteiger partial charge in [-0.3, -0.25) is 19.6 Å². The first kappa shape index (κ1) is 20.1. The zero-order chi connectivity index (χ0) is 21.5. The van der Waals surface area contributed by atoms with Crippen molar-refractivity contribution in [3.05, 3.63) is 121 Å². The summed E-state index contributed by atoms with van der Waals surface area (Å²) >= 11 is 0. The fourth-order valence-corrected chi connectivity index (χ4v) is 3.29. The van der Waals surface area contributed by atoms with Crippen LogP contribution >= 0.6 is 0 Å². The van der Waals surface area contributed by atoms with Crippen molar-refractivity contribution in [2.45, 2.75) is 6.42 Å². The van der Waals surface area contributed by atoms with E-state index in [9.17, 15) is 9.59 Å². The number of Topliss-reactive ketones (excluding diaryl/α,β-unsaturated/α-hetero) is 2. The maximum Gasteiger partial charge on any atom is 0.170 e. The van der Waals surface area contributed by atoms with Crippen molar-refractivity contribution in [3.8, 4) is 0 Å². The minimum Gasteiger partial charge on any atom is -0.294 e. The van der Waals surface area contributed by atoms with Crippen molar-refractivity contribution in [2.24, 2.45) is 0 Å². The van der Waals surface area contributed by atoms with E-state index >= 15 is 0 Å². The highest BCUT2D eigenvalue weighted by atomic mass is 16.1. The molecular weight excluding hydrogens is 384 g/mol. The van der Waals surface area contributed by atoms with Gasteiger partial charge in [0.25, 0.3) is 0 Å². The molecule has 2 heterocycles. The molecule has 3 aromatic carbocycles. The van der Waals surface area contributed by atoms with E-state index < -0.39 is 0 Å². The van der Waals surface area contributed by atoms with Gasteiger partial charge in [-0.2, -0.15) is 0 Å². The first-order valence-corrected chi connectivity index (χ1v) is 9.97. The maximum absolute atomic E-state index is 11.8. The molecule has 5 rings (SSSR count). The number of aromatic nitrogens is 2. The van der Waals surface area contributed by atoms with Crippen LogP contribution in [0.4, 0.5) is 0 Å². The number of hydrogen-bond donors (Lipinski definition) is 0. The summed E-state index contributed by atoms with van der Waals surface area (Å²) in [6.45, 7) is 0. The number of nitrogens with zero attached hydrogens (tertiary/aromatic N) is 2. The van der Waals surface area contributed by atoms with E-state index in [0.717, 1.165) is 21.8 Å². The largest absolute Gasteiger partial charge is 0.294 e. The number of pyridine rings is 2. The van der Waals surface area contributed by atoms with Crippen LogP contribution in [-0.2, 0) is 0 Å². The van der Waals surface area contributed by atoms with Crippen LogP contribution in [0.15, 0.2) is 109 Å². The SMILES string of the molecule is O=C(CC(=O)c1ccccc1)c1ccccc1.c1cnc2c(c1)ccc1ncccc12. The van der Waals surface area contributed by atoms with Crippen LogP contribution in [0.3, 0.4) is 0 Å². The molecule has 0 amide bonds. The smallest absolute Gasteiger partial charge is 0.170 e. The topological polar surface area (TPSA) is 59.9 Å². The van der Waals surface area contributed by atoms with Crippen molar-refractivity contribution in [1.29, 1.82) is 0 Å². The van der Waals surface area contributed by atoms with Crippen LogP contribution in [0.1, 0.15) is 27.1 Å². The number of ketones is 2. The standard InChI is InChI=1S/C15H12O2.C12H8N2/c16-14(12-7-3-1-4-8-12)11-15(17)13-9-5-2-6-10-13;1-3-9-5-6-11-10(4-2-7-13-11)12(9)14-8-1/h1-10H,11H2;1-8H. The third-order valence-electron chi connectivity index (χ3n) is 4.87. The Labute approximate surface area is 180 Å². The minimum absolute atomic E-state index is 0.0754. The van der Waals surface area contributed by atoms with Crippen LogP contribution in [0.2, 0.25) is 0 Å². The highest BCUT2D eigenvalue weighted by Gasteiger charge is 2.12. The molecule has 0 bridgehead atoms. The Hall–Kier alpha value is -4.18. The molecule has 0 atom stereocenters. The van der Waals surface area contributed by atoms with Gasteiger partial charge >= 0.3 is 0 Å². The summed E-state index contributed by atoms with van der Waals surface area (Å²) in [6, 6.07) is 29.8. The Morgan fingerprint density at radius 1 is 0.581 bits per heavy atom. The van der Waals surface area contributed by atoms with Gasteiger partial charge < -0.3 is 0 Å². The average molecular weight is 404 g/mol. The van der Waals surface area contributed by atoms with E-state index in [1.807, 2.05) is 36.5 Å². The summed E-state index contributed by atoms with van der Waals surface area (Å²) in [5.74, 6) is -0.279. The van der Waals surface area contributed by atoms with E-state index in [-0.39, 0.29) is 18.0 Å². The summed E-state index contributed by atoms with van der Waals surface area (Å²) < 4.78 is 0. The van der Waals surface area contributed by atoms with E-state index in [2.05, 4.69) is 28.2 Å². The Morgan fingerprint density at radius 3 is 1.81 bits per heavy atom. The van der Waals surface area contributed by atoms with Gasteiger partial charge in [0.2, 0.25) is 0 Å². The maximum atomic E-state index is 11.8. The molecule has 0 spiro atoms. The Balaban J connectivity index is 0.000000151. The third kappa shape index (κ3) is 4.87. The van der Waals surface area contributed by atoms with E-state index in [0.29, 0.717) is 11.1 Å². The van der Waals surface area contributed by atoms with Crippen molar-refractivity contribution < 1.29 is 9.59 Å². The van der Waals surface area contributed by atoms with Gasteiger partial charge in [-0.15, -0.1) is 0 Å². The normalized spacial score (nSPS) is 10.3. The molecule has 0 aliphatic heterocycles. The lowest BCUT2D eigenvalue weighted by Gasteiger charge is -2.00. The summed E-state index contributed by atoms with van der Waals surface area (Å²) in [6.07, 6.45) is 3.54. The molecule has 0 aliphatic carbocycles. The monoisotopic (exact) mass is 404 g/mol. The molecule has 0 unspecified atom stereocenters. The highest BCUT2D eigenvalue weighted by Crippen LogP contribution is 2.21. The number of fused-ring (bicyclic) bond motifs is 3. The van der Waals surface area contributed by atoms with Gasteiger partial charge in [-0.05, 0) is 24.3 Å². The number of hydrogen-bond acceptors (Lipinski definition) is 4. The number of carbonyl (C=O) groups excluding carboxylic acids is 2. The molecule has 0 saturated carbocycles. The Bertz CT molecular complexity index is 1230. The Kier molecular flexibility index (Phi) is 6.19. The third-order valence-corrected chi connectivity index (χ3v) is 4.87. The van der Waals surface area contributed by atoms with Crippen molar-refractivity contribution in [3.63, 3.8) is 0 Å². The number of rotatable bonds is 4. The van der Waals surface area contributed by atoms with Gasteiger partial charge in [0.15, 0.2) is 11.6 Å². The van der Waals surface area contributed by atoms with Crippen LogP contribution < -0.4 is 0 Å². The second-order valence-electron chi connectivity index (χ2n) is 6.97. The highest BCUT2D eigenvalue weighted by molar-refractivity contribution is 6.13. The summed E-state index contributed by atoms with van der Waals surface area (Å²) in [4.78, 5) is 32.3. The molecule has 2 aromatic heterocycles. The molecule has 0 radical (unpaired) electrons. The van der Waals surface area contributed by atoms with Crippen LogP contribution in [0.25, 0.3) is 21.8 Å². The number of carbonyl (C=O) groups is 2. The van der Waals surface area contributed by atoms with Crippen molar-refractivity contribution in [1.82, 2.24) is 9.97 Å². The predicted molar refractivity (Wildman–Crippen MR) is 123 cm³/mol. The summed E-state index contributed by atoms with van der Waals surface area (Å²) in [7, 11) is 0. The lowest BCUT2D eigenvalue weighted by molar-refractivity contribution is 0.0894. The van der Waals surface area contributed by atoms with Gasteiger partial charge in [0.05, 0.1) is 17.5 Å². The summed E-state index contributed by atoms with van der Waals surface area (Å²) in [5, 5.41) is 2.28. The fourth-order valence-electron chi connectivity index (χ4n) is 3.29. The minimum atomic E-state index is -0.139. The molecule has 31 heavy (non-hydrogen) atoms. The second-order valence-corrected chi connectivity index (χ2v) is 6.97. The predicted octanol–water partition coefficient (Wildman–Crippen LogP) is 5.93. The van der Waals surface area contributed by atoms with Gasteiger partial charge in [0, 0.05) is 34.3 Å². The van der Waals surface area contributed by atoms with Crippen molar-refractivity contribution in [2.75, 3.05) is 0 Å². The van der Waals surface area contributed by atoms with Crippen LogP contribution in [-0.4, -0.2) is 21.5 Å². The first-order chi connectivity index (χ1) is 15.2. The van der Waals surface area contributed by atoms with E-state index in [1.165, 1.54) is 0 Å². The van der Waals surface area contributed by atoms with E-state index in [1.54, 1.807) is 54.7 Å². The molecule has 150 valence electrons. The van der Waals surface area contributed by atoms with Crippen LogP contribution in [0, 0.1) is 0 Å². The van der Waals surface area contributed by atoms with Crippen LogP contribution in [0.5, 0.6) is 0 Å². The zero-order valence-corrected chi connectivity index (χ0v) is 16.8. The van der Waals surface area contributed by atoms with Gasteiger partial charge in [-0.1, -0.05) is 72.8 Å². The Morgan fingerprint density at radius 2 is 1.16 bits per heavy atom. The second kappa shape index (κ2) is 9.55. The van der Waals surface area contributed by atoms with E-state index in [4.69, 9.17) is 0 Å². The van der Waals surface area contributed by atoms with Gasteiger partial charge in [0.1, 0.15) is 0 Å². The lowest BCUT2D eigenvalue weighted by atomic mass is 10.0. The van der Waals surface area contributed by atoms with Crippen molar-refractivity contribution >= 4 is 33.4 Å². The summed E-state index contributed by atoms with van der Waals surface area (Å²) in [5.41, 5.74) is 3.19. The molecular formula is C27H20N2O2. The molecule has 0 saturated heterocycles. The molecule has 0 N–H and O–H groups in total. The van der Waals surface area contributed by atoms with Gasteiger partial charge in [-0.25, -0.2) is 0 Å². The first-order valence-electron chi connectivity index (χ1n) is 9.97.